The van der Waals surface area contributed by atoms with Crippen LogP contribution in [0.4, 0.5) is 10.2 Å². The smallest absolute Gasteiger partial charge is 0.166 e. The minimum absolute atomic E-state index is 0.152. The Morgan fingerprint density at radius 2 is 2.40 bits per heavy atom. The lowest BCUT2D eigenvalue weighted by Gasteiger charge is -2.17. The molecule has 0 amide bonds. The van der Waals surface area contributed by atoms with Crippen LogP contribution < -0.4 is 5.32 Å². The van der Waals surface area contributed by atoms with Crippen molar-refractivity contribution in [3.8, 4) is 0 Å². The lowest BCUT2D eigenvalue weighted by Crippen LogP contribution is -2.19. The number of nitrogens with zero attached hydrogens (tertiary/aromatic N) is 3. The molecule has 6 nitrogen and oxygen atoms in total. The molecule has 2 aromatic rings. The molecule has 1 aliphatic heterocycles. The number of hydrogen-bond acceptors (Lipinski definition) is 5. The number of rotatable bonds is 4. The van der Waals surface area contributed by atoms with Crippen molar-refractivity contribution in [2.24, 2.45) is 5.92 Å². The van der Waals surface area contributed by atoms with E-state index in [1.807, 2.05) is 0 Å². The van der Waals surface area contributed by atoms with Crippen LogP contribution in [-0.4, -0.2) is 33.3 Å². The second-order valence-corrected chi connectivity index (χ2v) is 5.01. The largest absolute Gasteiger partial charge is 0.370 e. The van der Waals surface area contributed by atoms with Crippen molar-refractivity contribution < 1.29 is 9.13 Å². The summed E-state index contributed by atoms with van der Waals surface area (Å²) in [5.41, 5.74) is 0. The number of nitrogens with one attached hydrogen (secondary N) is 2. The van der Waals surface area contributed by atoms with Gasteiger partial charge in [0.05, 0.1) is 5.02 Å². The average Bonchev–Trinajstić information content (AvgIpc) is 3.08. The van der Waals surface area contributed by atoms with Crippen molar-refractivity contribution in [1.82, 2.24) is 20.2 Å². The van der Waals surface area contributed by atoms with Gasteiger partial charge in [0.15, 0.2) is 17.5 Å². The molecule has 20 heavy (non-hydrogen) atoms. The molecule has 0 aromatic carbocycles. The lowest BCUT2D eigenvalue weighted by molar-refractivity contribution is 0.0864. The number of ether oxygens (including phenoxy) is 1. The lowest BCUT2D eigenvalue weighted by atomic mass is 10.0. The zero-order chi connectivity index (χ0) is 13.9. The van der Waals surface area contributed by atoms with Crippen LogP contribution >= 0.6 is 11.6 Å². The van der Waals surface area contributed by atoms with Crippen molar-refractivity contribution in [2.45, 2.75) is 12.5 Å². The third kappa shape index (κ3) is 2.73. The highest BCUT2D eigenvalue weighted by atomic mass is 35.5. The third-order valence-electron chi connectivity index (χ3n) is 3.26. The van der Waals surface area contributed by atoms with Crippen molar-refractivity contribution >= 4 is 17.4 Å². The topological polar surface area (TPSA) is 75.7 Å². The van der Waals surface area contributed by atoms with Gasteiger partial charge < -0.3 is 10.1 Å². The zero-order valence-electron chi connectivity index (χ0n) is 10.5. The number of anilines is 1. The molecule has 0 aliphatic carbocycles. The summed E-state index contributed by atoms with van der Waals surface area (Å²) >= 11 is 5.67. The molecule has 2 N–H and O–H groups in total. The summed E-state index contributed by atoms with van der Waals surface area (Å²) in [6.07, 6.45) is 3.57. The summed E-state index contributed by atoms with van der Waals surface area (Å²) in [7, 11) is 0. The minimum Gasteiger partial charge on any atom is -0.370 e. The molecular formula is C12H13ClFN5O. The van der Waals surface area contributed by atoms with E-state index in [9.17, 15) is 4.39 Å². The van der Waals surface area contributed by atoms with E-state index >= 15 is 0 Å². The Bertz CT molecular complexity index is 579. The van der Waals surface area contributed by atoms with Crippen LogP contribution in [0.3, 0.4) is 0 Å². The Labute approximate surface area is 119 Å². The molecule has 0 spiro atoms. The Balaban J connectivity index is 1.65. The standard InChI is InChI=1S/C12H13ClFN5O/c13-8-3-9(14)11(16-5-8)15-4-7-1-2-20-10(7)12-17-6-18-19-12/h3,5-7,10H,1-2,4H2,(H,15,16)(H,17,18,19)/t7-,10-/m0/s1. The Morgan fingerprint density at radius 3 is 3.15 bits per heavy atom. The number of halogens is 2. The number of aromatic nitrogens is 4. The van der Waals surface area contributed by atoms with Gasteiger partial charge in [-0.15, -0.1) is 0 Å². The molecule has 3 heterocycles. The fourth-order valence-electron chi connectivity index (χ4n) is 2.27. The van der Waals surface area contributed by atoms with E-state index in [4.69, 9.17) is 16.3 Å². The molecule has 0 radical (unpaired) electrons. The first-order chi connectivity index (χ1) is 9.74. The van der Waals surface area contributed by atoms with Gasteiger partial charge in [-0.25, -0.2) is 14.4 Å². The van der Waals surface area contributed by atoms with Crippen molar-refractivity contribution in [3.05, 3.63) is 35.3 Å². The van der Waals surface area contributed by atoms with Gasteiger partial charge in [-0.1, -0.05) is 11.6 Å². The monoisotopic (exact) mass is 297 g/mol. The van der Waals surface area contributed by atoms with E-state index in [1.54, 1.807) is 0 Å². The van der Waals surface area contributed by atoms with Gasteiger partial charge in [0.25, 0.3) is 0 Å². The first-order valence-electron chi connectivity index (χ1n) is 6.26. The fourth-order valence-corrected chi connectivity index (χ4v) is 2.41. The molecule has 106 valence electrons. The summed E-state index contributed by atoms with van der Waals surface area (Å²) < 4.78 is 19.3. The summed E-state index contributed by atoms with van der Waals surface area (Å²) in [6, 6.07) is 1.23. The van der Waals surface area contributed by atoms with E-state index in [2.05, 4.69) is 25.5 Å². The second kappa shape index (κ2) is 5.72. The summed E-state index contributed by atoms with van der Waals surface area (Å²) in [5.74, 6) is 0.601. The fraction of sp³-hybridized carbons (Fsp3) is 0.417. The van der Waals surface area contributed by atoms with Crippen molar-refractivity contribution in [3.63, 3.8) is 0 Å². The maximum Gasteiger partial charge on any atom is 0.166 e. The first kappa shape index (κ1) is 13.3. The molecular weight excluding hydrogens is 285 g/mol. The normalized spacial score (nSPS) is 22.1. The minimum atomic E-state index is -0.465. The maximum atomic E-state index is 13.6. The van der Waals surface area contributed by atoms with Gasteiger partial charge in [0.1, 0.15) is 12.4 Å². The molecule has 8 heteroatoms. The molecule has 1 saturated heterocycles. The molecule has 1 fully saturated rings. The molecule has 2 aromatic heterocycles. The molecule has 0 unspecified atom stereocenters. The molecule has 2 atom stereocenters. The van der Waals surface area contributed by atoms with Crippen LogP contribution in [0.25, 0.3) is 0 Å². The summed E-state index contributed by atoms with van der Waals surface area (Å²) in [5, 5.41) is 9.89. The molecule has 0 saturated carbocycles. The van der Waals surface area contributed by atoms with Crippen molar-refractivity contribution in [2.75, 3.05) is 18.5 Å². The average molecular weight is 298 g/mol. The number of pyridine rings is 1. The highest BCUT2D eigenvalue weighted by Gasteiger charge is 2.31. The third-order valence-corrected chi connectivity index (χ3v) is 3.46. The summed E-state index contributed by atoms with van der Waals surface area (Å²) in [6.45, 7) is 1.19. The quantitative estimate of drug-likeness (QED) is 0.904. The van der Waals surface area contributed by atoms with Crippen LogP contribution in [0.1, 0.15) is 18.3 Å². The summed E-state index contributed by atoms with van der Waals surface area (Å²) in [4.78, 5) is 8.04. The molecule has 1 aliphatic rings. The van der Waals surface area contributed by atoms with E-state index in [-0.39, 0.29) is 22.9 Å². The van der Waals surface area contributed by atoms with Crippen LogP contribution in [-0.2, 0) is 4.74 Å². The SMILES string of the molecule is Fc1cc(Cl)cnc1NC[C@@H]1CCO[C@@H]1c1ncn[nH]1. The zero-order valence-corrected chi connectivity index (χ0v) is 11.3. The highest BCUT2D eigenvalue weighted by Crippen LogP contribution is 2.32. The van der Waals surface area contributed by atoms with Gasteiger partial charge in [0.2, 0.25) is 0 Å². The van der Waals surface area contributed by atoms with E-state index in [1.165, 1.54) is 18.6 Å². The van der Waals surface area contributed by atoms with Gasteiger partial charge in [-0.05, 0) is 12.5 Å². The van der Waals surface area contributed by atoms with Gasteiger partial charge >= 0.3 is 0 Å². The van der Waals surface area contributed by atoms with Crippen LogP contribution in [0.5, 0.6) is 0 Å². The van der Waals surface area contributed by atoms with E-state index < -0.39 is 5.82 Å². The van der Waals surface area contributed by atoms with Gasteiger partial charge in [-0.2, -0.15) is 5.10 Å². The first-order valence-corrected chi connectivity index (χ1v) is 6.63. The number of H-pyrrole nitrogens is 1. The predicted molar refractivity (Wildman–Crippen MR) is 70.9 cm³/mol. The van der Waals surface area contributed by atoms with Crippen LogP contribution in [0, 0.1) is 11.7 Å². The Kier molecular flexibility index (Phi) is 3.79. The van der Waals surface area contributed by atoms with Crippen LogP contribution in [0.2, 0.25) is 5.02 Å². The van der Waals surface area contributed by atoms with Crippen molar-refractivity contribution in [1.29, 1.82) is 0 Å². The Hall–Kier alpha value is -1.73. The molecule has 0 bridgehead atoms. The number of aromatic amines is 1. The Morgan fingerprint density at radius 1 is 1.50 bits per heavy atom. The predicted octanol–water partition coefficient (Wildman–Crippen LogP) is 2.18. The van der Waals surface area contributed by atoms with Gasteiger partial charge in [-0.3, -0.25) is 5.10 Å². The second-order valence-electron chi connectivity index (χ2n) is 4.58. The van der Waals surface area contributed by atoms with E-state index in [0.717, 1.165) is 6.42 Å². The highest BCUT2D eigenvalue weighted by molar-refractivity contribution is 6.30. The number of hydrogen-bond donors (Lipinski definition) is 2. The van der Waals surface area contributed by atoms with Gasteiger partial charge in [0, 0.05) is 25.3 Å². The van der Waals surface area contributed by atoms with E-state index in [0.29, 0.717) is 19.0 Å². The van der Waals surface area contributed by atoms with Crippen LogP contribution in [0.15, 0.2) is 18.6 Å². The maximum absolute atomic E-state index is 13.6. The molecule has 3 rings (SSSR count).